The Morgan fingerprint density at radius 1 is 0.909 bits per heavy atom. The molecule has 33 heavy (non-hydrogen) atoms. The number of carbonyl (C=O) groups excluding carboxylic acids is 1. The molecule has 1 aliphatic carbocycles. The molecular formula is C25H39N7O. The molecule has 2 aromatic heterocycles. The van der Waals surface area contributed by atoms with Crippen LogP contribution in [0.1, 0.15) is 68.3 Å². The van der Waals surface area contributed by atoms with Crippen LogP contribution < -0.4 is 10.6 Å². The van der Waals surface area contributed by atoms with Gasteiger partial charge in [-0.3, -0.25) is 4.79 Å². The molecule has 2 aromatic rings. The van der Waals surface area contributed by atoms with Gasteiger partial charge in [0.1, 0.15) is 5.82 Å². The van der Waals surface area contributed by atoms with Gasteiger partial charge in [0, 0.05) is 45.3 Å². The Morgan fingerprint density at radius 3 is 2.33 bits per heavy atom. The number of rotatable bonds is 7. The van der Waals surface area contributed by atoms with Crippen LogP contribution in [0.25, 0.3) is 11.0 Å². The monoisotopic (exact) mass is 453 g/mol. The molecule has 2 saturated heterocycles. The van der Waals surface area contributed by atoms with Crippen molar-refractivity contribution in [3.63, 3.8) is 0 Å². The molecule has 3 aliphatic rings. The number of fused-ring (bicyclic) bond motifs is 1. The normalized spacial score (nSPS) is 21.6. The van der Waals surface area contributed by atoms with Gasteiger partial charge in [0.2, 0.25) is 0 Å². The van der Waals surface area contributed by atoms with Crippen LogP contribution in [0, 0.1) is 0 Å². The summed E-state index contributed by atoms with van der Waals surface area (Å²) in [6, 6.07) is 4.71. The maximum absolute atomic E-state index is 13.1. The molecule has 8 heteroatoms. The maximum atomic E-state index is 13.1. The highest BCUT2D eigenvalue weighted by atomic mass is 16.2. The molecule has 0 aromatic carbocycles. The molecule has 2 aliphatic heterocycles. The van der Waals surface area contributed by atoms with Gasteiger partial charge in [-0.25, -0.2) is 9.67 Å². The van der Waals surface area contributed by atoms with Crippen molar-refractivity contribution in [2.24, 2.45) is 7.05 Å². The summed E-state index contributed by atoms with van der Waals surface area (Å²) in [5, 5.41) is 12.2. The second-order valence-electron chi connectivity index (χ2n) is 10.2. The number of anilines is 1. The number of hydrogen-bond acceptors (Lipinski definition) is 6. The summed E-state index contributed by atoms with van der Waals surface area (Å²) in [4.78, 5) is 23.0. The van der Waals surface area contributed by atoms with Crippen molar-refractivity contribution in [1.29, 1.82) is 0 Å². The van der Waals surface area contributed by atoms with E-state index in [0.717, 1.165) is 49.3 Å². The van der Waals surface area contributed by atoms with Crippen molar-refractivity contribution < 1.29 is 4.79 Å². The van der Waals surface area contributed by atoms with Gasteiger partial charge in [0.25, 0.3) is 5.91 Å². The number of amides is 1. The van der Waals surface area contributed by atoms with Crippen molar-refractivity contribution in [2.75, 3.05) is 44.6 Å². The minimum atomic E-state index is -0.0779. The molecule has 1 saturated carbocycles. The molecule has 2 N–H and O–H groups in total. The summed E-state index contributed by atoms with van der Waals surface area (Å²) in [6.07, 6.45) is 11.0. The number of pyridine rings is 1. The Hall–Kier alpha value is -2.19. The second-order valence-corrected chi connectivity index (χ2v) is 10.2. The van der Waals surface area contributed by atoms with Gasteiger partial charge in [-0.1, -0.05) is 19.3 Å². The van der Waals surface area contributed by atoms with Crippen LogP contribution >= 0.6 is 0 Å². The zero-order valence-electron chi connectivity index (χ0n) is 20.1. The van der Waals surface area contributed by atoms with E-state index in [1.54, 1.807) is 4.68 Å². The van der Waals surface area contributed by atoms with E-state index in [9.17, 15) is 4.79 Å². The predicted octanol–water partition coefficient (Wildman–Crippen LogP) is 3.00. The highest BCUT2D eigenvalue weighted by Gasteiger charge is 2.25. The Labute approximate surface area is 197 Å². The molecule has 0 radical (unpaired) electrons. The fourth-order valence-electron chi connectivity index (χ4n) is 5.68. The Kier molecular flexibility index (Phi) is 7.11. The minimum Gasteiger partial charge on any atom is -0.367 e. The summed E-state index contributed by atoms with van der Waals surface area (Å²) in [5.74, 6) is 0.802. The molecule has 4 heterocycles. The lowest BCUT2D eigenvalue weighted by molar-refractivity contribution is 0.0904. The first-order valence-electron chi connectivity index (χ1n) is 13.0. The third-order valence-electron chi connectivity index (χ3n) is 7.71. The van der Waals surface area contributed by atoms with Gasteiger partial charge < -0.3 is 20.4 Å². The first kappa shape index (κ1) is 22.6. The van der Waals surface area contributed by atoms with Gasteiger partial charge in [-0.15, -0.1) is 0 Å². The minimum absolute atomic E-state index is 0.0779. The smallest absolute Gasteiger partial charge is 0.272 e. The van der Waals surface area contributed by atoms with E-state index in [1.807, 2.05) is 19.2 Å². The first-order valence-corrected chi connectivity index (χ1v) is 13.0. The van der Waals surface area contributed by atoms with Crippen LogP contribution in [-0.2, 0) is 7.05 Å². The van der Waals surface area contributed by atoms with Crippen molar-refractivity contribution in [3.8, 4) is 0 Å². The lowest BCUT2D eigenvalue weighted by atomic mass is 9.95. The van der Waals surface area contributed by atoms with Gasteiger partial charge in [-0.05, 0) is 63.7 Å². The van der Waals surface area contributed by atoms with Crippen molar-refractivity contribution in [1.82, 2.24) is 29.9 Å². The Balaban J connectivity index is 1.15. The first-order chi connectivity index (χ1) is 16.2. The summed E-state index contributed by atoms with van der Waals surface area (Å²) in [5.41, 5.74) is 1.25. The molecule has 180 valence electrons. The highest BCUT2D eigenvalue weighted by Crippen LogP contribution is 2.24. The van der Waals surface area contributed by atoms with Gasteiger partial charge in [0.15, 0.2) is 11.3 Å². The standard InChI is InChI=1S/C25H39N7O/c1-30-24-21(9-10-22(28-24)26-19-7-3-2-4-8-19)23(29-30)25(33)27-20-11-15-32(16-12-20)18-17-31-13-5-6-14-31/h9-10,19-20H,2-8,11-18H2,1H3,(H,26,28)(H,27,33). The van der Waals surface area contributed by atoms with Crippen molar-refractivity contribution in [2.45, 2.75) is 69.9 Å². The number of hydrogen-bond donors (Lipinski definition) is 2. The quantitative estimate of drug-likeness (QED) is 0.671. The number of carbonyl (C=O) groups is 1. The van der Waals surface area contributed by atoms with Crippen molar-refractivity contribution in [3.05, 3.63) is 17.8 Å². The van der Waals surface area contributed by atoms with Gasteiger partial charge in [0.05, 0.1) is 5.39 Å². The number of nitrogens with zero attached hydrogens (tertiary/aromatic N) is 5. The average Bonchev–Trinajstić information content (AvgIpc) is 3.47. The number of piperidine rings is 1. The SMILES string of the molecule is Cn1nc(C(=O)NC2CCN(CCN3CCCC3)CC2)c2ccc(NC3CCCCC3)nc21. The maximum Gasteiger partial charge on any atom is 0.272 e. The molecule has 5 rings (SSSR count). The number of likely N-dealkylation sites (tertiary alicyclic amines) is 2. The second kappa shape index (κ2) is 10.4. The van der Waals surface area contributed by atoms with E-state index < -0.39 is 0 Å². The van der Waals surface area contributed by atoms with Crippen molar-refractivity contribution >= 4 is 22.8 Å². The van der Waals surface area contributed by atoms with Crippen LogP contribution in [0.5, 0.6) is 0 Å². The summed E-state index contributed by atoms with van der Waals surface area (Å²) in [6.45, 7) is 6.96. The van der Waals surface area contributed by atoms with Crippen LogP contribution in [-0.4, -0.2) is 81.8 Å². The van der Waals surface area contributed by atoms with Crippen LogP contribution in [0.4, 0.5) is 5.82 Å². The Morgan fingerprint density at radius 2 is 1.61 bits per heavy atom. The lowest BCUT2D eigenvalue weighted by Gasteiger charge is -2.33. The van der Waals surface area contributed by atoms with E-state index >= 15 is 0 Å². The largest absolute Gasteiger partial charge is 0.367 e. The Bertz CT molecular complexity index is 938. The van der Waals surface area contributed by atoms with Crippen LogP contribution in [0.2, 0.25) is 0 Å². The fraction of sp³-hybridized carbons (Fsp3) is 0.720. The average molecular weight is 454 g/mol. The third kappa shape index (κ3) is 5.49. The molecule has 0 bridgehead atoms. The fourth-order valence-corrected chi connectivity index (χ4v) is 5.68. The van der Waals surface area contributed by atoms with E-state index in [0.29, 0.717) is 11.7 Å². The third-order valence-corrected chi connectivity index (χ3v) is 7.71. The molecule has 0 unspecified atom stereocenters. The van der Waals surface area contributed by atoms with Crippen LogP contribution in [0.15, 0.2) is 12.1 Å². The zero-order chi connectivity index (χ0) is 22.6. The zero-order valence-corrected chi connectivity index (χ0v) is 20.1. The number of aromatic nitrogens is 3. The van der Waals surface area contributed by atoms with E-state index in [2.05, 4.69) is 25.5 Å². The summed E-state index contributed by atoms with van der Waals surface area (Å²) >= 11 is 0. The van der Waals surface area contributed by atoms with E-state index in [-0.39, 0.29) is 11.9 Å². The molecule has 1 amide bonds. The molecule has 0 atom stereocenters. The lowest BCUT2D eigenvalue weighted by Crippen LogP contribution is -2.46. The number of nitrogens with one attached hydrogen (secondary N) is 2. The topological polar surface area (TPSA) is 78.3 Å². The summed E-state index contributed by atoms with van der Waals surface area (Å²) < 4.78 is 1.73. The van der Waals surface area contributed by atoms with Gasteiger partial charge >= 0.3 is 0 Å². The molecule has 3 fully saturated rings. The summed E-state index contributed by atoms with van der Waals surface area (Å²) in [7, 11) is 1.87. The highest BCUT2D eigenvalue weighted by molar-refractivity contribution is 6.04. The molecule has 0 spiro atoms. The molecular weight excluding hydrogens is 414 g/mol. The van der Waals surface area contributed by atoms with Crippen LogP contribution in [0.3, 0.4) is 0 Å². The predicted molar refractivity (Wildman–Crippen MR) is 132 cm³/mol. The number of aryl methyl sites for hydroxylation is 1. The van der Waals surface area contributed by atoms with Gasteiger partial charge in [-0.2, -0.15) is 5.10 Å². The van der Waals surface area contributed by atoms with E-state index in [4.69, 9.17) is 4.98 Å². The van der Waals surface area contributed by atoms with E-state index in [1.165, 1.54) is 64.6 Å². The molecule has 8 nitrogen and oxygen atoms in total.